The molecule has 1 unspecified atom stereocenters. The molecule has 6 heteroatoms. The standard InChI is InChI=1S/C14H17BrFNO3/c1-9(14(19)20)8-17(2)13(18)6-3-10-7-11(16)4-5-12(10)15/h4-5,7,9H,3,6,8H2,1-2H3,(H,19,20). The Balaban J connectivity index is 2.54. The molecule has 1 N–H and O–H groups in total. The number of halogens is 2. The summed E-state index contributed by atoms with van der Waals surface area (Å²) in [6.45, 7) is 1.72. The molecular formula is C14H17BrFNO3. The number of benzene rings is 1. The highest BCUT2D eigenvalue weighted by Gasteiger charge is 2.17. The van der Waals surface area contributed by atoms with Gasteiger partial charge in [-0.1, -0.05) is 22.9 Å². The predicted octanol–water partition coefficient (Wildman–Crippen LogP) is 2.70. The number of rotatable bonds is 6. The Morgan fingerprint density at radius 3 is 2.70 bits per heavy atom. The minimum Gasteiger partial charge on any atom is -0.481 e. The lowest BCUT2D eigenvalue weighted by Gasteiger charge is -2.19. The highest BCUT2D eigenvalue weighted by Crippen LogP contribution is 2.19. The van der Waals surface area contributed by atoms with E-state index < -0.39 is 11.9 Å². The number of hydrogen-bond donors (Lipinski definition) is 1. The van der Waals surface area contributed by atoms with Crippen LogP contribution in [0.4, 0.5) is 4.39 Å². The van der Waals surface area contributed by atoms with Crippen molar-refractivity contribution in [2.75, 3.05) is 13.6 Å². The van der Waals surface area contributed by atoms with Crippen molar-refractivity contribution in [2.24, 2.45) is 5.92 Å². The fourth-order valence-electron chi connectivity index (χ4n) is 1.76. The minimum absolute atomic E-state index is 0.158. The smallest absolute Gasteiger partial charge is 0.308 e. The summed E-state index contributed by atoms with van der Waals surface area (Å²) in [5.74, 6) is -2.04. The van der Waals surface area contributed by atoms with E-state index in [2.05, 4.69) is 15.9 Å². The van der Waals surface area contributed by atoms with Gasteiger partial charge in [0, 0.05) is 24.5 Å². The molecule has 1 atom stereocenters. The molecule has 0 aliphatic carbocycles. The average molecular weight is 346 g/mol. The van der Waals surface area contributed by atoms with Crippen LogP contribution in [0.15, 0.2) is 22.7 Å². The number of carboxylic acid groups (broad SMARTS) is 1. The van der Waals surface area contributed by atoms with Gasteiger partial charge in [0.25, 0.3) is 0 Å². The third kappa shape index (κ3) is 4.92. The van der Waals surface area contributed by atoms with Gasteiger partial charge >= 0.3 is 5.97 Å². The van der Waals surface area contributed by atoms with Crippen LogP contribution in [0.1, 0.15) is 18.9 Å². The second-order valence-corrected chi connectivity index (χ2v) is 5.60. The number of carbonyl (C=O) groups excluding carboxylic acids is 1. The zero-order chi connectivity index (χ0) is 15.3. The zero-order valence-electron chi connectivity index (χ0n) is 11.4. The Kier molecular flexibility index (Phi) is 6.13. The van der Waals surface area contributed by atoms with Crippen molar-refractivity contribution < 1.29 is 19.1 Å². The van der Waals surface area contributed by atoms with Gasteiger partial charge in [0.15, 0.2) is 0 Å². The van der Waals surface area contributed by atoms with Crippen LogP contribution in [0.25, 0.3) is 0 Å². The Labute approximate surface area is 125 Å². The van der Waals surface area contributed by atoms with E-state index in [0.717, 1.165) is 10.0 Å². The van der Waals surface area contributed by atoms with Crippen LogP contribution < -0.4 is 0 Å². The summed E-state index contributed by atoms with van der Waals surface area (Å²) in [6.07, 6.45) is 0.619. The molecule has 20 heavy (non-hydrogen) atoms. The third-order valence-corrected chi connectivity index (χ3v) is 3.78. The Morgan fingerprint density at radius 1 is 1.45 bits per heavy atom. The topological polar surface area (TPSA) is 57.6 Å². The highest BCUT2D eigenvalue weighted by atomic mass is 79.9. The summed E-state index contributed by atoms with van der Waals surface area (Å²) in [5, 5.41) is 8.80. The number of amides is 1. The normalized spacial score (nSPS) is 12.0. The van der Waals surface area contributed by atoms with Crippen LogP contribution in [0, 0.1) is 11.7 Å². The second kappa shape index (κ2) is 7.38. The van der Waals surface area contributed by atoms with Crippen molar-refractivity contribution in [1.29, 1.82) is 0 Å². The van der Waals surface area contributed by atoms with Gasteiger partial charge in [0.2, 0.25) is 5.91 Å². The lowest BCUT2D eigenvalue weighted by molar-refractivity contribution is -0.142. The van der Waals surface area contributed by atoms with E-state index in [-0.39, 0.29) is 24.7 Å². The van der Waals surface area contributed by atoms with Gasteiger partial charge in [0.1, 0.15) is 5.82 Å². The summed E-state index contributed by atoms with van der Waals surface area (Å²) >= 11 is 3.31. The van der Waals surface area contributed by atoms with E-state index in [1.807, 2.05) is 0 Å². The highest BCUT2D eigenvalue weighted by molar-refractivity contribution is 9.10. The van der Waals surface area contributed by atoms with Crippen molar-refractivity contribution in [3.63, 3.8) is 0 Å². The summed E-state index contributed by atoms with van der Waals surface area (Å²) in [7, 11) is 1.57. The van der Waals surface area contributed by atoms with E-state index in [0.29, 0.717) is 6.42 Å². The molecule has 0 saturated carbocycles. The quantitative estimate of drug-likeness (QED) is 0.862. The number of aryl methyl sites for hydroxylation is 1. The zero-order valence-corrected chi connectivity index (χ0v) is 13.0. The van der Waals surface area contributed by atoms with Crippen molar-refractivity contribution >= 4 is 27.8 Å². The Bertz CT molecular complexity index is 507. The van der Waals surface area contributed by atoms with E-state index in [1.165, 1.54) is 17.0 Å². The van der Waals surface area contributed by atoms with Crippen molar-refractivity contribution in [2.45, 2.75) is 19.8 Å². The van der Waals surface area contributed by atoms with E-state index in [1.54, 1.807) is 20.0 Å². The molecule has 110 valence electrons. The second-order valence-electron chi connectivity index (χ2n) is 4.75. The fraction of sp³-hybridized carbons (Fsp3) is 0.429. The maximum Gasteiger partial charge on any atom is 0.308 e. The minimum atomic E-state index is -0.933. The molecule has 0 aliphatic rings. The van der Waals surface area contributed by atoms with E-state index in [4.69, 9.17) is 5.11 Å². The molecule has 0 radical (unpaired) electrons. The molecule has 1 aromatic carbocycles. The van der Waals surface area contributed by atoms with Crippen LogP contribution in [0.3, 0.4) is 0 Å². The lowest BCUT2D eigenvalue weighted by Crippen LogP contribution is -2.33. The number of carbonyl (C=O) groups is 2. The van der Waals surface area contributed by atoms with E-state index in [9.17, 15) is 14.0 Å². The van der Waals surface area contributed by atoms with Crippen LogP contribution in [-0.2, 0) is 16.0 Å². The predicted molar refractivity (Wildman–Crippen MR) is 76.9 cm³/mol. The number of nitrogens with zero attached hydrogens (tertiary/aromatic N) is 1. The first kappa shape index (κ1) is 16.6. The molecule has 1 aromatic rings. The number of hydrogen-bond acceptors (Lipinski definition) is 2. The average Bonchev–Trinajstić information content (AvgIpc) is 2.39. The molecule has 0 bridgehead atoms. The molecule has 1 amide bonds. The maximum absolute atomic E-state index is 13.1. The Hall–Kier alpha value is -1.43. The van der Waals surface area contributed by atoms with Crippen molar-refractivity contribution in [3.8, 4) is 0 Å². The number of aliphatic carboxylic acids is 1. The van der Waals surface area contributed by atoms with Crippen molar-refractivity contribution in [3.05, 3.63) is 34.1 Å². The van der Waals surface area contributed by atoms with Crippen LogP contribution >= 0.6 is 15.9 Å². The molecule has 1 rings (SSSR count). The Morgan fingerprint density at radius 2 is 2.10 bits per heavy atom. The monoisotopic (exact) mass is 345 g/mol. The van der Waals surface area contributed by atoms with Gasteiger partial charge in [-0.25, -0.2) is 4.39 Å². The summed E-state index contributed by atoms with van der Waals surface area (Å²) in [6, 6.07) is 4.33. The first-order chi connectivity index (χ1) is 9.31. The summed E-state index contributed by atoms with van der Waals surface area (Å²) in [4.78, 5) is 24.0. The molecule has 0 aromatic heterocycles. The third-order valence-electron chi connectivity index (χ3n) is 3.01. The lowest BCUT2D eigenvalue weighted by atomic mass is 10.1. The van der Waals surface area contributed by atoms with Gasteiger partial charge in [-0.05, 0) is 30.2 Å². The first-order valence-corrected chi connectivity index (χ1v) is 7.01. The molecule has 0 heterocycles. The van der Waals surface area contributed by atoms with Gasteiger partial charge in [0.05, 0.1) is 5.92 Å². The molecule has 0 aliphatic heterocycles. The maximum atomic E-state index is 13.1. The molecular weight excluding hydrogens is 329 g/mol. The van der Waals surface area contributed by atoms with Gasteiger partial charge in [-0.3, -0.25) is 9.59 Å². The molecule has 0 fully saturated rings. The van der Waals surface area contributed by atoms with E-state index >= 15 is 0 Å². The summed E-state index contributed by atoms with van der Waals surface area (Å²) < 4.78 is 13.9. The van der Waals surface area contributed by atoms with Crippen LogP contribution in [0.5, 0.6) is 0 Å². The van der Waals surface area contributed by atoms with Gasteiger partial charge < -0.3 is 10.0 Å². The first-order valence-electron chi connectivity index (χ1n) is 6.22. The SMILES string of the molecule is CC(CN(C)C(=O)CCc1cc(F)ccc1Br)C(=O)O. The number of carboxylic acids is 1. The van der Waals surface area contributed by atoms with Gasteiger partial charge in [-0.2, -0.15) is 0 Å². The van der Waals surface area contributed by atoms with Gasteiger partial charge in [-0.15, -0.1) is 0 Å². The largest absolute Gasteiger partial charge is 0.481 e. The summed E-state index contributed by atoms with van der Waals surface area (Å²) in [5.41, 5.74) is 0.720. The van der Waals surface area contributed by atoms with Crippen LogP contribution in [0.2, 0.25) is 0 Å². The molecule has 0 spiro atoms. The molecule has 4 nitrogen and oxygen atoms in total. The fourth-order valence-corrected chi connectivity index (χ4v) is 2.20. The van der Waals surface area contributed by atoms with Crippen molar-refractivity contribution in [1.82, 2.24) is 4.90 Å². The molecule has 0 saturated heterocycles. The van der Waals surface area contributed by atoms with Crippen LogP contribution in [-0.4, -0.2) is 35.5 Å².